The maximum Gasteiger partial charge on any atom is 0.0346 e. The molecule has 1 aromatic heterocycles. The highest BCUT2D eigenvalue weighted by molar-refractivity contribution is 7.17. The molecule has 0 amide bonds. The Morgan fingerprint density at radius 3 is 2.93 bits per heavy atom. The summed E-state index contributed by atoms with van der Waals surface area (Å²) in [6.07, 6.45) is 0.862. The van der Waals surface area contributed by atoms with E-state index in [4.69, 9.17) is 5.73 Å². The highest BCUT2D eigenvalue weighted by Crippen LogP contribution is 2.31. The first kappa shape index (κ1) is 10.4. The van der Waals surface area contributed by atoms with Crippen molar-refractivity contribution >= 4 is 21.4 Å². The molecule has 0 fully saturated rings. The number of benzene rings is 1. The van der Waals surface area contributed by atoms with Gasteiger partial charge < -0.3 is 5.73 Å². The SMILES string of the molecule is C=C(C)CC(N)c1csc2ccccc12. The minimum absolute atomic E-state index is 0.0821. The van der Waals surface area contributed by atoms with Crippen molar-refractivity contribution in [2.45, 2.75) is 19.4 Å². The molecule has 0 saturated heterocycles. The smallest absolute Gasteiger partial charge is 0.0346 e. The van der Waals surface area contributed by atoms with Crippen molar-refractivity contribution in [3.8, 4) is 0 Å². The zero-order valence-electron chi connectivity index (χ0n) is 8.86. The molecule has 15 heavy (non-hydrogen) atoms. The molecule has 78 valence electrons. The summed E-state index contributed by atoms with van der Waals surface area (Å²) in [6.45, 7) is 5.93. The van der Waals surface area contributed by atoms with E-state index in [1.165, 1.54) is 15.6 Å². The third-order valence-electron chi connectivity index (χ3n) is 2.48. The summed E-state index contributed by atoms with van der Waals surface area (Å²) in [7, 11) is 0. The Hall–Kier alpha value is -1.12. The van der Waals surface area contributed by atoms with Crippen molar-refractivity contribution in [2.75, 3.05) is 0 Å². The van der Waals surface area contributed by atoms with Crippen molar-refractivity contribution in [3.63, 3.8) is 0 Å². The Kier molecular flexibility index (Phi) is 2.89. The minimum Gasteiger partial charge on any atom is -0.324 e. The Labute approximate surface area is 94.2 Å². The molecule has 2 aromatic rings. The lowest BCUT2D eigenvalue weighted by Crippen LogP contribution is -2.09. The van der Waals surface area contributed by atoms with Crippen LogP contribution in [0.1, 0.15) is 24.9 Å². The van der Waals surface area contributed by atoms with E-state index < -0.39 is 0 Å². The average molecular weight is 217 g/mol. The van der Waals surface area contributed by atoms with Gasteiger partial charge in [0.15, 0.2) is 0 Å². The second kappa shape index (κ2) is 4.17. The fraction of sp³-hybridized carbons (Fsp3) is 0.231. The van der Waals surface area contributed by atoms with Crippen LogP contribution in [0.5, 0.6) is 0 Å². The van der Waals surface area contributed by atoms with Crippen LogP contribution < -0.4 is 5.73 Å². The molecule has 0 aliphatic rings. The van der Waals surface area contributed by atoms with Crippen molar-refractivity contribution < 1.29 is 0 Å². The molecule has 0 aliphatic heterocycles. The van der Waals surface area contributed by atoms with E-state index in [-0.39, 0.29) is 6.04 Å². The maximum absolute atomic E-state index is 6.15. The molecule has 1 heterocycles. The topological polar surface area (TPSA) is 26.0 Å². The van der Waals surface area contributed by atoms with Gasteiger partial charge in [0.05, 0.1) is 0 Å². The van der Waals surface area contributed by atoms with Crippen LogP contribution in [0, 0.1) is 0 Å². The zero-order chi connectivity index (χ0) is 10.8. The summed E-state index contributed by atoms with van der Waals surface area (Å²) in [4.78, 5) is 0. The van der Waals surface area contributed by atoms with Crippen LogP contribution in [0.2, 0.25) is 0 Å². The van der Waals surface area contributed by atoms with Crippen LogP contribution in [-0.4, -0.2) is 0 Å². The van der Waals surface area contributed by atoms with Gasteiger partial charge in [-0.15, -0.1) is 17.9 Å². The van der Waals surface area contributed by atoms with Crippen LogP contribution in [0.15, 0.2) is 41.8 Å². The van der Waals surface area contributed by atoms with Crippen LogP contribution in [0.4, 0.5) is 0 Å². The molecular weight excluding hydrogens is 202 g/mol. The summed E-state index contributed by atoms with van der Waals surface area (Å²) in [5.41, 5.74) is 8.54. The van der Waals surface area contributed by atoms with Crippen molar-refractivity contribution in [1.29, 1.82) is 0 Å². The average Bonchev–Trinajstić information content (AvgIpc) is 2.59. The Bertz CT molecular complexity index is 484. The third-order valence-corrected chi connectivity index (χ3v) is 3.46. The van der Waals surface area contributed by atoms with Gasteiger partial charge in [0, 0.05) is 10.7 Å². The van der Waals surface area contributed by atoms with Gasteiger partial charge in [0.2, 0.25) is 0 Å². The van der Waals surface area contributed by atoms with Crippen molar-refractivity contribution in [2.24, 2.45) is 5.73 Å². The largest absolute Gasteiger partial charge is 0.324 e. The van der Waals surface area contributed by atoms with Gasteiger partial charge >= 0.3 is 0 Å². The van der Waals surface area contributed by atoms with Crippen LogP contribution in [0.3, 0.4) is 0 Å². The van der Waals surface area contributed by atoms with Crippen LogP contribution >= 0.6 is 11.3 Å². The standard InChI is InChI=1S/C13H15NS/c1-9(2)7-12(14)11-8-15-13-6-4-3-5-10(11)13/h3-6,8,12H,1,7,14H2,2H3. The fourth-order valence-corrected chi connectivity index (χ4v) is 2.80. The Balaban J connectivity index is 2.39. The molecule has 2 N–H and O–H groups in total. The fourth-order valence-electron chi connectivity index (χ4n) is 1.77. The van der Waals surface area contributed by atoms with Gasteiger partial charge in [-0.1, -0.05) is 23.8 Å². The summed E-state index contributed by atoms with van der Waals surface area (Å²) < 4.78 is 1.31. The summed E-state index contributed by atoms with van der Waals surface area (Å²) in [5.74, 6) is 0. The second-order valence-corrected chi connectivity index (χ2v) is 4.87. The van der Waals surface area contributed by atoms with Gasteiger partial charge in [-0.2, -0.15) is 0 Å². The van der Waals surface area contributed by atoms with Crippen molar-refractivity contribution in [3.05, 3.63) is 47.4 Å². The molecule has 1 aromatic carbocycles. The van der Waals surface area contributed by atoms with E-state index in [1.807, 2.05) is 6.92 Å². The molecule has 0 spiro atoms. The van der Waals surface area contributed by atoms with E-state index in [2.05, 4.69) is 36.2 Å². The van der Waals surface area contributed by atoms with Gasteiger partial charge in [-0.25, -0.2) is 0 Å². The van der Waals surface area contributed by atoms with E-state index in [0.717, 1.165) is 12.0 Å². The van der Waals surface area contributed by atoms with E-state index >= 15 is 0 Å². The lowest BCUT2D eigenvalue weighted by atomic mass is 10.0. The van der Waals surface area contributed by atoms with Crippen LogP contribution in [0.25, 0.3) is 10.1 Å². The molecule has 1 atom stereocenters. The predicted octanol–water partition coefficient (Wildman–Crippen LogP) is 3.87. The molecule has 0 aliphatic carbocycles. The molecule has 0 saturated carbocycles. The van der Waals surface area contributed by atoms with E-state index in [1.54, 1.807) is 11.3 Å². The highest BCUT2D eigenvalue weighted by Gasteiger charge is 2.11. The molecular formula is C13H15NS. The molecule has 2 rings (SSSR count). The Morgan fingerprint density at radius 2 is 2.20 bits per heavy atom. The monoisotopic (exact) mass is 217 g/mol. The van der Waals surface area contributed by atoms with Gasteiger partial charge in [-0.05, 0) is 35.7 Å². The maximum atomic E-state index is 6.15. The number of nitrogens with two attached hydrogens (primary N) is 1. The van der Waals surface area contributed by atoms with Gasteiger partial charge in [0.1, 0.15) is 0 Å². The number of thiophene rings is 1. The summed E-state index contributed by atoms with van der Waals surface area (Å²) >= 11 is 1.76. The van der Waals surface area contributed by atoms with Crippen molar-refractivity contribution in [1.82, 2.24) is 0 Å². The molecule has 1 unspecified atom stereocenters. The second-order valence-electron chi connectivity index (χ2n) is 3.95. The lowest BCUT2D eigenvalue weighted by Gasteiger charge is -2.10. The molecule has 0 bridgehead atoms. The number of fused-ring (bicyclic) bond motifs is 1. The molecule has 1 nitrogen and oxygen atoms in total. The minimum atomic E-state index is 0.0821. The zero-order valence-corrected chi connectivity index (χ0v) is 9.68. The number of rotatable bonds is 3. The van der Waals surface area contributed by atoms with Gasteiger partial charge in [-0.3, -0.25) is 0 Å². The predicted molar refractivity (Wildman–Crippen MR) is 68.2 cm³/mol. The Morgan fingerprint density at radius 1 is 1.47 bits per heavy atom. The number of hydrogen-bond donors (Lipinski definition) is 1. The highest BCUT2D eigenvalue weighted by atomic mass is 32.1. The third kappa shape index (κ3) is 2.11. The first-order valence-corrected chi connectivity index (χ1v) is 5.92. The first-order chi connectivity index (χ1) is 7.18. The van der Waals surface area contributed by atoms with E-state index in [0.29, 0.717) is 0 Å². The number of hydrogen-bond acceptors (Lipinski definition) is 2. The first-order valence-electron chi connectivity index (χ1n) is 5.04. The van der Waals surface area contributed by atoms with Gasteiger partial charge in [0.25, 0.3) is 0 Å². The summed E-state index contributed by atoms with van der Waals surface area (Å²) in [6, 6.07) is 8.48. The summed E-state index contributed by atoms with van der Waals surface area (Å²) in [5, 5.41) is 3.45. The van der Waals surface area contributed by atoms with Crippen LogP contribution in [-0.2, 0) is 0 Å². The molecule has 0 radical (unpaired) electrons. The quantitative estimate of drug-likeness (QED) is 0.776. The normalized spacial score (nSPS) is 12.9. The van der Waals surface area contributed by atoms with E-state index in [9.17, 15) is 0 Å². The lowest BCUT2D eigenvalue weighted by molar-refractivity contribution is 0.725. The molecule has 2 heteroatoms.